The van der Waals surface area contributed by atoms with Crippen LogP contribution in [0.25, 0.3) is 16.8 Å². The van der Waals surface area contributed by atoms with Crippen LogP contribution < -0.4 is 10.9 Å². The van der Waals surface area contributed by atoms with E-state index in [2.05, 4.69) is 26.2 Å². The number of hydrogen-bond donors (Lipinski definition) is 2. The third-order valence-corrected chi connectivity index (χ3v) is 4.96. The van der Waals surface area contributed by atoms with E-state index in [9.17, 15) is 9.59 Å². The van der Waals surface area contributed by atoms with E-state index in [4.69, 9.17) is 9.84 Å². The first kappa shape index (κ1) is 19.1. The Morgan fingerprint density at radius 3 is 2.96 bits per heavy atom. The number of alkyl carbamates (subject to hydrolysis) is 1. The van der Waals surface area contributed by atoms with Crippen LogP contribution in [0.2, 0.25) is 0 Å². The molecule has 2 N–H and O–H groups in total. The van der Waals surface area contributed by atoms with Crippen LogP contribution in [0, 0.1) is 6.92 Å². The molecule has 0 radical (unpaired) electrons. The van der Waals surface area contributed by atoms with E-state index in [0.717, 1.165) is 21.2 Å². The molecular formula is C19H18BrN3O4. The SMILES string of the molecule is Cc1c(Br)cccc1-c1ccn2c(=O)c(COC(=O)NCCO)cnc2c1. The minimum Gasteiger partial charge on any atom is -0.444 e. The van der Waals surface area contributed by atoms with Crippen LogP contribution in [0.4, 0.5) is 4.79 Å². The predicted molar refractivity (Wildman–Crippen MR) is 105 cm³/mol. The van der Waals surface area contributed by atoms with Crippen LogP contribution in [0.5, 0.6) is 0 Å². The molecule has 0 bridgehead atoms. The summed E-state index contributed by atoms with van der Waals surface area (Å²) in [4.78, 5) is 28.3. The number of aliphatic hydroxyl groups excluding tert-OH is 1. The van der Waals surface area contributed by atoms with Gasteiger partial charge in [-0.3, -0.25) is 9.20 Å². The Balaban J connectivity index is 1.88. The maximum absolute atomic E-state index is 12.6. The number of pyridine rings is 1. The predicted octanol–water partition coefficient (Wildman–Crippen LogP) is 2.65. The number of fused-ring (bicyclic) bond motifs is 1. The molecule has 1 aromatic carbocycles. The fourth-order valence-corrected chi connectivity index (χ4v) is 3.02. The normalized spacial score (nSPS) is 10.8. The zero-order valence-corrected chi connectivity index (χ0v) is 16.2. The Hall–Kier alpha value is -2.71. The number of halogens is 1. The number of carbonyl (C=O) groups excluding carboxylic acids is 1. The van der Waals surface area contributed by atoms with Gasteiger partial charge in [-0.1, -0.05) is 28.1 Å². The summed E-state index contributed by atoms with van der Waals surface area (Å²) in [5.74, 6) is 0. The number of carbonyl (C=O) groups is 1. The maximum atomic E-state index is 12.6. The van der Waals surface area contributed by atoms with Crippen LogP contribution in [-0.4, -0.2) is 33.7 Å². The van der Waals surface area contributed by atoms with Crippen molar-refractivity contribution >= 4 is 27.7 Å². The summed E-state index contributed by atoms with van der Waals surface area (Å²) in [6.45, 7) is 1.73. The quantitative estimate of drug-likeness (QED) is 0.647. The molecule has 3 rings (SSSR count). The number of benzene rings is 1. The van der Waals surface area contributed by atoms with Crippen molar-refractivity contribution < 1.29 is 14.6 Å². The molecule has 1 amide bonds. The van der Waals surface area contributed by atoms with Gasteiger partial charge >= 0.3 is 6.09 Å². The molecular weight excluding hydrogens is 414 g/mol. The fraction of sp³-hybridized carbons (Fsp3) is 0.211. The molecule has 0 spiro atoms. The molecule has 7 nitrogen and oxygen atoms in total. The molecule has 3 aromatic rings. The molecule has 2 aromatic heterocycles. The van der Waals surface area contributed by atoms with Gasteiger partial charge in [-0.15, -0.1) is 0 Å². The number of aliphatic hydroxyl groups is 1. The second-order valence-electron chi connectivity index (χ2n) is 5.87. The Morgan fingerprint density at radius 1 is 1.37 bits per heavy atom. The highest BCUT2D eigenvalue weighted by Gasteiger charge is 2.10. The molecule has 0 saturated carbocycles. The van der Waals surface area contributed by atoms with Gasteiger partial charge in [0.25, 0.3) is 5.56 Å². The largest absolute Gasteiger partial charge is 0.444 e. The van der Waals surface area contributed by atoms with Crippen molar-refractivity contribution in [3.63, 3.8) is 0 Å². The molecule has 0 fully saturated rings. The smallest absolute Gasteiger partial charge is 0.407 e. The van der Waals surface area contributed by atoms with Gasteiger partial charge in [0.2, 0.25) is 0 Å². The highest BCUT2D eigenvalue weighted by molar-refractivity contribution is 9.10. The van der Waals surface area contributed by atoms with Crippen molar-refractivity contribution in [1.29, 1.82) is 0 Å². The molecule has 0 unspecified atom stereocenters. The monoisotopic (exact) mass is 431 g/mol. The first-order valence-corrected chi connectivity index (χ1v) is 9.08. The van der Waals surface area contributed by atoms with Crippen molar-refractivity contribution in [2.75, 3.05) is 13.2 Å². The molecule has 0 aliphatic rings. The fourth-order valence-electron chi connectivity index (χ4n) is 2.65. The van der Waals surface area contributed by atoms with E-state index in [-0.39, 0.29) is 30.9 Å². The van der Waals surface area contributed by atoms with Crippen molar-refractivity contribution in [2.24, 2.45) is 0 Å². The van der Waals surface area contributed by atoms with E-state index in [1.165, 1.54) is 10.6 Å². The molecule has 0 aliphatic heterocycles. The van der Waals surface area contributed by atoms with E-state index < -0.39 is 6.09 Å². The van der Waals surface area contributed by atoms with Gasteiger partial charge in [-0.2, -0.15) is 0 Å². The van der Waals surface area contributed by atoms with Gasteiger partial charge in [-0.25, -0.2) is 9.78 Å². The third-order valence-electron chi connectivity index (χ3n) is 4.10. The maximum Gasteiger partial charge on any atom is 0.407 e. The second kappa shape index (κ2) is 8.32. The number of aromatic nitrogens is 2. The number of hydrogen-bond acceptors (Lipinski definition) is 5. The number of nitrogens with zero attached hydrogens (tertiary/aromatic N) is 2. The summed E-state index contributed by atoms with van der Waals surface area (Å²) in [6, 6.07) is 9.64. The third kappa shape index (κ3) is 4.17. The van der Waals surface area contributed by atoms with Crippen molar-refractivity contribution in [1.82, 2.24) is 14.7 Å². The summed E-state index contributed by atoms with van der Waals surface area (Å²) >= 11 is 3.53. The topological polar surface area (TPSA) is 92.9 Å². The lowest BCUT2D eigenvalue weighted by molar-refractivity contribution is 0.136. The molecule has 27 heavy (non-hydrogen) atoms. The van der Waals surface area contributed by atoms with Crippen molar-refractivity contribution in [3.8, 4) is 11.1 Å². The molecule has 2 heterocycles. The first-order valence-electron chi connectivity index (χ1n) is 8.28. The number of ether oxygens (including phenoxy) is 1. The van der Waals surface area contributed by atoms with Gasteiger partial charge in [-0.05, 0) is 41.8 Å². The standard InChI is InChI=1S/C19H18BrN3O4/c1-12-15(3-2-4-16(12)20)13-5-7-23-17(9-13)22-10-14(18(23)25)11-27-19(26)21-6-8-24/h2-5,7,9-10,24H,6,8,11H2,1H3,(H,21,26). The van der Waals surface area contributed by atoms with Gasteiger partial charge in [0.1, 0.15) is 12.3 Å². The van der Waals surface area contributed by atoms with Crippen LogP contribution in [0.15, 0.2) is 52.0 Å². The lowest BCUT2D eigenvalue weighted by atomic mass is 10.0. The van der Waals surface area contributed by atoms with Gasteiger partial charge in [0, 0.05) is 23.4 Å². The van der Waals surface area contributed by atoms with E-state index in [1.54, 1.807) is 6.20 Å². The minimum absolute atomic E-state index is 0.0889. The average Bonchev–Trinajstić information content (AvgIpc) is 2.67. The van der Waals surface area contributed by atoms with Crippen LogP contribution in [0.1, 0.15) is 11.1 Å². The Kier molecular flexibility index (Phi) is 5.88. The number of amides is 1. The summed E-state index contributed by atoms with van der Waals surface area (Å²) in [6.07, 6.45) is 2.37. The zero-order valence-electron chi connectivity index (χ0n) is 14.6. The summed E-state index contributed by atoms with van der Waals surface area (Å²) in [5.41, 5.74) is 3.57. The highest BCUT2D eigenvalue weighted by Crippen LogP contribution is 2.28. The number of rotatable bonds is 5. The molecule has 0 aliphatic carbocycles. The number of nitrogens with one attached hydrogen (secondary N) is 1. The molecule has 140 valence electrons. The Morgan fingerprint density at radius 2 is 2.19 bits per heavy atom. The highest BCUT2D eigenvalue weighted by atomic mass is 79.9. The molecule has 0 atom stereocenters. The van der Waals surface area contributed by atoms with Crippen LogP contribution in [0.3, 0.4) is 0 Å². The summed E-state index contributed by atoms with van der Waals surface area (Å²) < 4.78 is 7.39. The van der Waals surface area contributed by atoms with Crippen LogP contribution >= 0.6 is 15.9 Å². The first-order chi connectivity index (χ1) is 13.0. The summed E-state index contributed by atoms with van der Waals surface area (Å²) in [5, 5.41) is 11.0. The lowest BCUT2D eigenvalue weighted by Gasteiger charge is -2.10. The van der Waals surface area contributed by atoms with E-state index >= 15 is 0 Å². The minimum atomic E-state index is -0.700. The lowest BCUT2D eigenvalue weighted by Crippen LogP contribution is -2.28. The Labute approximate surface area is 163 Å². The van der Waals surface area contributed by atoms with E-state index in [0.29, 0.717) is 5.65 Å². The van der Waals surface area contributed by atoms with Gasteiger partial charge in [0.05, 0.1) is 12.2 Å². The van der Waals surface area contributed by atoms with Crippen LogP contribution in [-0.2, 0) is 11.3 Å². The second-order valence-corrected chi connectivity index (χ2v) is 6.73. The van der Waals surface area contributed by atoms with Crippen molar-refractivity contribution in [2.45, 2.75) is 13.5 Å². The van der Waals surface area contributed by atoms with Gasteiger partial charge in [0.15, 0.2) is 0 Å². The molecule has 0 saturated heterocycles. The zero-order chi connectivity index (χ0) is 19.4. The van der Waals surface area contributed by atoms with Gasteiger partial charge < -0.3 is 15.2 Å². The molecule has 8 heteroatoms. The Bertz CT molecular complexity index is 1050. The summed E-state index contributed by atoms with van der Waals surface area (Å²) in [7, 11) is 0. The average molecular weight is 432 g/mol. The van der Waals surface area contributed by atoms with Crippen molar-refractivity contribution in [3.05, 3.63) is 68.7 Å². The van der Waals surface area contributed by atoms with E-state index in [1.807, 2.05) is 37.3 Å².